The molecular weight excluding hydrogens is 458 g/mol. The number of carboxylic acid groups (broad SMARTS) is 1. The molecule has 3 N–H and O–H groups in total. The number of fused-ring (bicyclic) bond motifs is 3. The molecule has 0 saturated heterocycles. The maximum absolute atomic E-state index is 14.3. The van der Waals surface area contributed by atoms with E-state index >= 15 is 0 Å². The topological polar surface area (TPSA) is 105 Å². The fraction of sp³-hybridized carbons (Fsp3) is 0.423. The molecule has 4 atom stereocenters. The summed E-state index contributed by atoms with van der Waals surface area (Å²) in [4.78, 5) is 36.0. The molecule has 9 heteroatoms. The van der Waals surface area contributed by atoms with E-state index in [1.165, 1.54) is 0 Å². The predicted molar refractivity (Wildman–Crippen MR) is 122 cm³/mol. The van der Waals surface area contributed by atoms with Gasteiger partial charge in [-0.15, -0.1) is 0 Å². The number of alkyl halides is 2. The van der Waals surface area contributed by atoms with Gasteiger partial charge < -0.3 is 20.5 Å². The molecule has 3 aliphatic rings. The van der Waals surface area contributed by atoms with E-state index in [-0.39, 0.29) is 12.5 Å². The van der Waals surface area contributed by atoms with Gasteiger partial charge in [0.15, 0.2) is 0 Å². The van der Waals surface area contributed by atoms with E-state index in [1.54, 1.807) is 0 Å². The van der Waals surface area contributed by atoms with Gasteiger partial charge in [0.2, 0.25) is 5.91 Å². The van der Waals surface area contributed by atoms with Gasteiger partial charge in [-0.05, 0) is 35.1 Å². The minimum Gasteiger partial charge on any atom is -0.481 e. The van der Waals surface area contributed by atoms with Crippen molar-refractivity contribution >= 4 is 18.0 Å². The summed E-state index contributed by atoms with van der Waals surface area (Å²) in [5, 5.41) is 14.1. The van der Waals surface area contributed by atoms with Crippen molar-refractivity contribution in [2.45, 2.75) is 37.1 Å². The Morgan fingerprint density at radius 3 is 2.26 bits per heavy atom. The van der Waals surface area contributed by atoms with Crippen molar-refractivity contribution in [3.05, 3.63) is 59.7 Å². The van der Waals surface area contributed by atoms with Gasteiger partial charge in [-0.3, -0.25) is 9.59 Å². The summed E-state index contributed by atoms with van der Waals surface area (Å²) < 4.78 is 33.9. The van der Waals surface area contributed by atoms with Crippen molar-refractivity contribution in [3.63, 3.8) is 0 Å². The summed E-state index contributed by atoms with van der Waals surface area (Å²) in [6.07, 6.45) is 0.656. The van der Waals surface area contributed by atoms with E-state index in [1.807, 2.05) is 48.5 Å². The SMILES string of the molecule is O=C(NC[C@H]1[C@@H](C(=O)N[C@H]2CCC[C@H]2C(=O)O)C1(F)F)OCC1c2ccccc2-c2ccccc21. The van der Waals surface area contributed by atoms with E-state index in [2.05, 4.69) is 10.6 Å². The maximum Gasteiger partial charge on any atom is 0.407 e. The van der Waals surface area contributed by atoms with Gasteiger partial charge in [-0.2, -0.15) is 0 Å². The van der Waals surface area contributed by atoms with Gasteiger partial charge in [-0.1, -0.05) is 55.0 Å². The number of carbonyl (C=O) groups is 3. The number of ether oxygens (including phenoxy) is 1. The number of carbonyl (C=O) groups excluding carboxylic acids is 2. The Labute approximate surface area is 200 Å². The monoisotopic (exact) mass is 484 g/mol. The summed E-state index contributed by atoms with van der Waals surface area (Å²) in [6.45, 7) is -0.349. The van der Waals surface area contributed by atoms with Gasteiger partial charge in [0.25, 0.3) is 5.92 Å². The molecule has 2 fully saturated rings. The first-order chi connectivity index (χ1) is 16.8. The van der Waals surface area contributed by atoms with Crippen LogP contribution in [-0.2, 0) is 14.3 Å². The largest absolute Gasteiger partial charge is 0.481 e. The van der Waals surface area contributed by atoms with Crippen LogP contribution in [0.2, 0.25) is 0 Å². The lowest BCUT2D eigenvalue weighted by Crippen LogP contribution is -2.41. The molecule has 2 amide bonds. The lowest BCUT2D eigenvalue weighted by molar-refractivity contribution is -0.142. The molecule has 5 rings (SSSR count). The highest BCUT2D eigenvalue weighted by molar-refractivity contribution is 5.85. The van der Waals surface area contributed by atoms with Crippen LogP contribution in [0, 0.1) is 17.8 Å². The Morgan fingerprint density at radius 1 is 1.00 bits per heavy atom. The molecule has 2 aromatic carbocycles. The number of rotatable bonds is 7. The molecule has 35 heavy (non-hydrogen) atoms. The first kappa shape index (κ1) is 23.3. The third-order valence-corrected chi connectivity index (χ3v) is 7.46. The highest BCUT2D eigenvalue weighted by Crippen LogP contribution is 2.55. The lowest BCUT2D eigenvalue weighted by Gasteiger charge is -2.17. The summed E-state index contributed by atoms with van der Waals surface area (Å²) in [6, 6.07) is 15.1. The normalized spacial score (nSPS) is 25.9. The quantitative estimate of drug-likeness (QED) is 0.555. The number of alkyl carbamates (subject to hydrolysis) is 1. The fourth-order valence-corrected chi connectivity index (χ4v) is 5.55. The molecule has 0 aromatic heterocycles. The van der Waals surface area contributed by atoms with Gasteiger partial charge in [0.1, 0.15) is 12.5 Å². The smallest absolute Gasteiger partial charge is 0.407 e. The second kappa shape index (κ2) is 8.94. The standard InChI is InChI=1S/C26H26F2N2O5/c27-26(28)20(22(26)23(31)30-21-11-5-10-18(21)24(32)33)12-29-25(34)35-13-19-16-8-3-1-6-14(16)15-7-2-4-9-17(15)19/h1-4,6-9,18-22H,5,10-13H2,(H,29,34)(H,30,31)(H,32,33)/t18-,20+,21+,22+/m1/s1. The Bertz CT molecular complexity index is 1120. The van der Waals surface area contributed by atoms with Gasteiger partial charge >= 0.3 is 12.1 Å². The van der Waals surface area contributed by atoms with Crippen molar-refractivity contribution in [2.75, 3.05) is 13.2 Å². The molecule has 0 unspecified atom stereocenters. The van der Waals surface area contributed by atoms with Crippen LogP contribution in [0.1, 0.15) is 36.3 Å². The molecule has 0 bridgehead atoms. The first-order valence-electron chi connectivity index (χ1n) is 11.8. The lowest BCUT2D eigenvalue weighted by atomic mass is 9.98. The van der Waals surface area contributed by atoms with Crippen molar-refractivity contribution in [2.24, 2.45) is 17.8 Å². The van der Waals surface area contributed by atoms with Crippen molar-refractivity contribution < 1.29 is 33.0 Å². The summed E-state index contributed by atoms with van der Waals surface area (Å²) in [5.74, 6) is -9.03. The summed E-state index contributed by atoms with van der Waals surface area (Å²) >= 11 is 0. The van der Waals surface area contributed by atoms with Crippen molar-refractivity contribution in [1.82, 2.24) is 10.6 Å². The average molecular weight is 484 g/mol. The average Bonchev–Trinajstić information content (AvgIpc) is 3.13. The number of amides is 2. The molecule has 2 aromatic rings. The van der Waals surface area contributed by atoms with Crippen LogP contribution in [-0.4, -0.2) is 48.2 Å². The number of carboxylic acids is 1. The van der Waals surface area contributed by atoms with Crippen LogP contribution < -0.4 is 10.6 Å². The molecule has 0 aliphatic heterocycles. The molecule has 3 aliphatic carbocycles. The van der Waals surface area contributed by atoms with Crippen LogP contribution in [0.3, 0.4) is 0 Å². The van der Waals surface area contributed by atoms with Crippen LogP contribution in [0.25, 0.3) is 11.1 Å². The maximum atomic E-state index is 14.3. The Kier molecular flexibility index (Phi) is 5.94. The molecule has 0 radical (unpaired) electrons. The number of halogens is 2. The van der Waals surface area contributed by atoms with Gasteiger partial charge in [0.05, 0.1) is 11.8 Å². The third-order valence-electron chi connectivity index (χ3n) is 7.46. The Morgan fingerprint density at radius 2 is 1.63 bits per heavy atom. The van der Waals surface area contributed by atoms with Crippen LogP contribution in [0.5, 0.6) is 0 Å². The zero-order valence-electron chi connectivity index (χ0n) is 18.9. The summed E-state index contributed by atoms with van der Waals surface area (Å²) in [7, 11) is 0. The minimum atomic E-state index is -3.27. The van der Waals surface area contributed by atoms with E-state index in [9.17, 15) is 28.3 Å². The number of hydrogen-bond donors (Lipinski definition) is 3. The van der Waals surface area contributed by atoms with Gasteiger partial charge in [0, 0.05) is 18.5 Å². The van der Waals surface area contributed by atoms with E-state index in [4.69, 9.17) is 4.74 Å². The van der Waals surface area contributed by atoms with Crippen molar-refractivity contribution in [1.29, 1.82) is 0 Å². The van der Waals surface area contributed by atoms with Crippen LogP contribution in [0.15, 0.2) is 48.5 Å². The predicted octanol–water partition coefficient (Wildman–Crippen LogP) is 3.78. The Balaban J connectivity index is 1.14. The highest BCUT2D eigenvalue weighted by atomic mass is 19.3. The molecule has 184 valence electrons. The molecular formula is C26H26F2N2O5. The van der Waals surface area contributed by atoms with Crippen LogP contribution >= 0.6 is 0 Å². The van der Waals surface area contributed by atoms with E-state index in [0.717, 1.165) is 22.3 Å². The molecule has 7 nitrogen and oxygen atoms in total. The second-order valence-corrected chi connectivity index (χ2v) is 9.46. The number of benzene rings is 2. The number of hydrogen-bond acceptors (Lipinski definition) is 4. The zero-order valence-corrected chi connectivity index (χ0v) is 18.9. The molecule has 0 spiro atoms. The summed E-state index contributed by atoms with van der Waals surface area (Å²) in [5.41, 5.74) is 4.24. The van der Waals surface area contributed by atoms with Gasteiger partial charge in [-0.25, -0.2) is 13.6 Å². The first-order valence-corrected chi connectivity index (χ1v) is 11.8. The Hall–Kier alpha value is -3.49. The highest BCUT2D eigenvalue weighted by Gasteiger charge is 2.71. The van der Waals surface area contributed by atoms with Crippen LogP contribution in [0.4, 0.5) is 13.6 Å². The van der Waals surface area contributed by atoms with E-state index < -0.39 is 54.2 Å². The zero-order chi connectivity index (χ0) is 24.7. The molecule has 0 heterocycles. The number of aliphatic carboxylic acids is 1. The molecule has 2 saturated carbocycles. The van der Waals surface area contributed by atoms with Crippen molar-refractivity contribution in [3.8, 4) is 11.1 Å². The van der Waals surface area contributed by atoms with E-state index in [0.29, 0.717) is 19.3 Å². The minimum absolute atomic E-state index is 0.0586. The fourth-order valence-electron chi connectivity index (χ4n) is 5.55. The third kappa shape index (κ3) is 4.24. The second-order valence-electron chi connectivity index (χ2n) is 9.46. The number of nitrogens with one attached hydrogen (secondary N) is 2.